The molecule has 2 heterocycles. The number of rotatable bonds is 3. The molecule has 15 heavy (non-hydrogen) atoms. The van der Waals surface area contributed by atoms with Crippen molar-refractivity contribution in [1.29, 1.82) is 0 Å². The molecule has 0 N–H and O–H groups in total. The van der Waals surface area contributed by atoms with Crippen molar-refractivity contribution >= 4 is 6.29 Å². The average Bonchev–Trinajstić information content (AvgIpc) is 2.16. The summed E-state index contributed by atoms with van der Waals surface area (Å²) in [4.78, 5) is 12.9. The number of carbonyl (C=O) groups is 1. The average molecular weight is 219 g/mol. The first-order chi connectivity index (χ1) is 7.18. The molecule has 3 nitrogen and oxygen atoms in total. The molecule has 5 heteroatoms. The lowest BCUT2D eigenvalue weighted by Crippen LogP contribution is -2.54. The van der Waals surface area contributed by atoms with Gasteiger partial charge >= 0.3 is 0 Å². The van der Waals surface area contributed by atoms with E-state index >= 15 is 0 Å². The highest BCUT2D eigenvalue weighted by Gasteiger charge is 2.44. The highest BCUT2D eigenvalue weighted by atomic mass is 19.3. The second kappa shape index (κ2) is 4.14. The van der Waals surface area contributed by atoms with E-state index in [1.54, 1.807) is 0 Å². The molecule has 0 aromatic carbocycles. The van der Waals surface area contributed by atoms with Crippen molar-refractivity contribution in [2.45, 2.75) is 25.3 Å². The van der Waals surface area contributed by atoms with Crippen molar-refractivity contribution in [3.63, 3.8) is 0 Å². The van der Waals surface area contributed by atoms with Crippen LogP contribution in [-0.2, 0) is 9.53 Å². The highest BCUT2D eigenvalue weighted by Crippen LogP contribution is 2.36. The minimum absolute atomic E-state index is 0.269. The van der Waals surface area contributed by atoms with Gasteiger partial charge in [-0.3, -0.25) is 4.90 Å². The fraction of sp³-hybridized carbons (Fsp3) is 0.900. The summed E-state index contributed by atoms with van der Waals surface area (Å²) < 4.78 is 30.5. The van der Waals surface area contributed by atoms with Gasteiger partial charge in [0.05, 0.1) is 24.7 Å². The molecular weight excluding hydrogens is 204 g/mol. The first-order valence-electron chi connectivity index (χ1n) is 5.24. The Labute approximate surface area is 87.4 Å². The molecule has 0 bridgehead atoms. The summed E-state index contributed by atoms with van der Waals surface area (Å²) in [5.41, 5.74) is -1.39. The van der Waals surface area contributed by atoms with E-state index in [2.05, 4.69) is 4.90 Å². The molecule has 0 saturated carbocycles. The van der Waals surface area contributed by atoms with E-state index < -0.39 is 11.8 Å². The Morgan fingerprint density at radius 3 is 2.27 bits per heavy atom. The highest BCUT2D eigenvalue weighted by molar-refractivity contribution is 5.60. The largest absolute Gasteiger partial charge is 0.378 e. The summed E-state index contributed by atoms with van der Waals surface area (Å²) in [5.74, 6) is 0. The fourth-order valence-electron chi connectivity index (χ4n) is 2.13. The molecule has 86 valence electrons. The lowest BCUT2D eigenvalue weighted by Gasteiger charge is -2.44. The van der Waals surface area contributed by atoms with Gasteiger partial charge in [0.25, 0.3) is 6.43 Å². The molecule has 0 aliphatic carbocycles. The first-order valence-corrected chi connectivity index (χ1v) is 5.24. The number of nitrogens with zero attached hydrogens (tertiary/aromatic N) is 1. The van der Waals surface area contributed by atoms with Gasteiger partial charge in [-0.25, -0.2) is 8.78 Å². The fourth-order valence-corrected chi connectivity index (χ4v) is 2.13. The number of likely N-dealkylation sites (tertiary alicyclic amines) is 1. The van der Waals surface area contributed by atoms with Crippen molar-refractivity contribution < 1.29 is 18.3 Å². The van der Waals surface area contributed by atoms with Crippen molar-refractivity contribution in [1.82, 2.24) is 4.90 Å². The van der Waals surface area contributed by atoms with Crippen LogP contribution in [-0.4, -0.2) is 50.0 Å². The molecule has 0 atom stereocenters. The Balaban J connectivity index is 1.91. The van der Waals surface area contributed by atoms with Crippen LogP contribution < -0.4 is 0 Å². The second-order valence-electron chi connectivity index (χ2n) is 4.38. The third kappa shape index (κ3) is 1.90. The number of carbonyl (C=O) groups excluding carboxylic acids is 1. The van der Waals surface area contributed by atoms with Crippen LogP contribution in [0.3, 0.4) is 0 Å². The third-order valence-electron chi connectivity index (χ3n) is 3.54. The molecule has 0 unspecified atom stereocenters. The van der Waals surface area contributed by atoms with Crippen LogP contribution in [0, 0.1) is 5.41 Å². The first kappa shape index (κ1) is 11.0. The molecule has 2 aliphatic rings. The lowest BCUT2D eigenvalue weighted by molar-refractivity contribution is -0.136. The maximum Gasteiger partial charge on any atom is 0.250 e. The number of hydrogen-bond donors (Lipinski definition) is 0. The van der Waals surface area contributed by atoms with E-state index in [1.165, 1.54) is 0 Å². The summed E-state index contributed by atoms with van der Waals surface area (Å²) in [5, 5.41) is 0. The zero-order chi connectivity index (χ0) is 10.9. The Morgan fingerprint density at radius 1 is 1.33 bits per heavy atom. The van der Waals surface area contributed by atoms with Crippen LogP contribution in [0.4, 0.5) is 8.78 Å². The van der Waals surface area contributed by atoms with Crippen LogP contribution in [0.1, 0.15) is 12.8 Å². The Morgan fingerprint density at radius 2 is 1.93 bits per heavy atom. The van der Waals surface area contributed by atoms with Gasteiger partial charge in [-0.05, 0) is 25.9 Å². The van der Waals surface area contributed by atoms with Crippen molar-refractivity contribution in [2.24, 2.45) is 5.41 Å². The zero-order valence-electron chi connectivity index (χ0n) is 8.49. The third-order valence-corrected chi connectivity index (χ3v) is 3.54. The molecule has 0 spiro atoms. The van der Waals surface area contributed by atoms with Gasteiger partial charge in [0.1, 0.15) is 6.29 Å². The SMILES string of the molecule is O=CC1(C(F)F)CCN(C2COC2)CC1. The van der Waals surface area contributed by atoms with Crippen LogP contribution in [0.25, 0.3) is 0 Å². The maximum absolute atomic E-state index is 12.7. The summed E-state index contributed by atoms with van der Waals surface area (Å²) in [6.45, 7) is 2.56. The lowest BCUT2D eigenvalue weighted by atomic mass is 9.79. The van der Waals surface area contributed by atoms with Crippen molar-refractivity contribution in [2.75, 3.05) is 26.3 Å². The maximum atomic E-state index is 12.7. The van der Waals surface area contributed by atoms with Gasteiger partial charge in [-0.15, -0.1) is 0 Å². The van der Waals surface area contributed by atoms with Crippen molar-refractivity contribution in [3.8, 4) is 0 Å². The summed E-state index contributed by atoms with van der Waals surface area (Å²) in [6.07, 6.45) is -1.54. The van der Waals surface area contributed by atoms with Gasteiger partial charge < -0.3 is 9.53 Å². The predicted molar refractivity (Wildman–Crippen MR) is 49.9 cm³/mol. The van der Waals surface area contributed by atoms with Gasteiger partial charge in [0, 0.05) is 0 Å². The Bertz CT molecular complexity index is 236. The molecule has 2 saturated heterocycles. The molecule has 0 amide bonds. The molecule has 2 fully saturated rings. The number of hydrogen-bond acceptors (Lipinski definition) is 3. The minimum atomic E-state index is -2.53. The number of halogens is 2. The van der Waals surface area contributed by atoms with Crippen LogP contribution in [0.5, 0.6) is 0 Å². The molecule has 0 aromatic rings. The van der Waals surface area contributed by atoms with E-state index in [0.29, 0.717) is 38.6 Å². The second-order valence-corrected chi connectivity index (χ2v) is 4.38. The number of piperidine rings is 1. The number of alkyl halides is 2. The molecule has 0 radical (unpaired) electrons. The van der Waals surface area contributed by atoms with E-state index in [4.69, 9.17) is 4.74 Å². The number of ether oxygens (including phenoxy) is 1. The molecule has 2 rings (SSSR count). The zero-order valence-corrected chi connectivity index (χ0v) is 8.49. The van der Waals surface area contributed by atoms with Crippen molar-refractivity contribution in [3.05, 3.63) is 0 Å². The normalized spacial score (nSPS) is 27.7. The topological polar surface area (TPSA) is 29.5 Å². The number of aldehydes is 1. The van der Waals surface area contributed by atoms with E-state index in [0.717, 1.165) is 0 Å². The van der Waals surface area contributed by atoms with Gasteiger partial charge in [-0.2, -0.15) is 0 Å². The Hall–Kier alpha value is -0.550. The summed E-state index contributed by atoms with van der Waals surface area (Å²) >= 11 is 0. The van der Waals surface area contributed by atoms with E-state index in [1.807, 2.05) is 0 Å². The van der Waals surface area contributed by atoms with Crippen LogP contribution in [0.15, 0.2) is 0 Å². The summed E-state index contributed by atoms with van der Waals surface area (Å²) in [6, 6.07) is 0.382. The van der Waals surface area contributed by atoms with Crippen LogP contribution >= 0.6 is 0 Å². The van der Waals surface area contributed by atoms with E-state index in [-0.39, 0.29) is 12.8 Å². The van der Waals surface area contributed by atoms with Gasteiger partial charge in [-0.1, -0.05) is 0 Å². The molecule has 0 aromatic heterocycles. The minimum Gasteiger partial charge on any atom is -0.378 e. The van der Waals surface area contributed by atoms with E-state index in [9.17, 15) is 13.6 Å². The smallest absolute Gasteiger partial charge is 0.250 e. The predicted octanol–water partition coefficient (Wildman–Crippen LogP) is 0.931. The molecule has 2 aliphatic heterocycles. The Kier molecular flexibility index (Phi) is 3.02. The van der Waals surface area contributed by atoms with Gasteiger partial charge in [0.2, 0.25) is 0 Å². The monoisotopic (exact) mass is 219 g/mol. The standard InChI is InChI=1S/C10H15F2NO2/c11-9(12)10(7-14)1-3-13(4-2-10)8-5-15-6-8/h7-9H,1-6H2. The quantitative estimate of drug-likeness (QED) is 0.661. The van der Waals surface area contributed by atoms with Crippen LogP contribution in [0.2, 0.25) is 0 Å². The van der Waals surface area contributed by atoms with Gasteiger partial charge in [0.15, 0.2) is 0 Å². The molecular formula is C10H15F2NO2. The summed E-state index contributed by atoms with van der Waals surface area (Å²) in [7, 11) is 0.